The lowest BCUT2D eigenvalue weighted by molar-refractivity contribution is -0.306. The molecule has 0 fully saturated rings. The maximum Gasteiger partial charge on any atom is 0.258 e. The van der Waals surface area contributed by atoms with E-state index in [1.807, 2.05) is 32.0 Å². The topological polar surface area (TPSA) is 96.9 Å². The fraction of sp³-hybridized carbons (Fsp3) is 0.364. The van der Waals surface area contributed by atoms with Gasteiger partial charge in [-0.1, -0.05) is 38.1 Å². The number of carbonyl (C=O) groups excluding carboxylic acids is 2. The summed E-state index contributed by atoms with van der Waals surface area (Å²) < 4.78 is 16.1. The molecule has 0 heterocycles. The molecule has 0 aliphatic carbocycles. The van der Waals surface area contributed by atoms with Gasteiger partial charge in [0.05, 0.1) is 20.3 Å². The third kappa shape index (κ3) is 6.14. The van der Waals surface area contributed by atoms with Gasteiger partial charge in [-0.3, -0.25) is 4.79 Å². The van der Waals surface area contributed by atoms with Crippen LogP contribution in [0, 0.1) is 0 Å². The first-order valence-corrected chi connectivity index (χ1v) is 9.28. The van der Waals surface area contributed by atoms with E-state index in [4.69, 9.17) is 14.2 Å². The monoisotopic (exact) mass is 400 g/mol. The molecule has 1 unspecified atom stereocenters. The number of ether oxygens (including phenoxy) is 3. The minimum Gasteiger partial charge on any atom is -0.550 e. The number of methoxy groups -OCH3 is 2. The highest BCUT2D eigenvalue weighted by Crippen LogP contribution is 2.31. The zero-order valence-electron chi connectivity index (χ0n) is 17.1. The number of carboxylic acid groups (broad SMARTS) is 1. The van der Waals surface area contributed by atoms with Gasteiger partial charge in [-0.25, -0.2) is 0 Å². The molecule has 7 nitrogen and oxygen atoms in total. The Bertz CT molecular complexity index is 849. The van der Waals surface area contributed by atoms with Crippen LogP contribution in [0.4, 0.5) is 0 Å². The molecular weight excluding hydrogens is 374 g/mol. The van der Waals surface area contributed by atoms with Crippen LogP contribution in [0.5, 0.6) is 17.2 Å². The Morgan fingerprint density at radius 3 is 2.31 bits per heavy atom. The SMILES string of the molecule is COc1ccc(C(CC(=O)[O-])NC(=O)COc2ccccc2C(C)C)cc1OC. The Morgan fingerprint density at radius 2 is 1.69 bits per heavy atom. The van der Waals surface area contributed by atoms with Crippen LogP contribution in [0.3, 0.4) is 0 Å². The summed E-state index contributed by atoms with van der Waals surface area (Å²) in [6.45, 7) is 3.84. The molecule has 1 N–H and O–H groups in total. The average Bonchev–Trinajstić information content (AvgIpc) is 2.71. The lowest BCUT2D eigenvalue weighted by Crippen LogP contribution is -2.36. The standard InChI is InChI=1S/C22H27NO6/c1-14(2)16-7-5-6-8-18(16)29-13-21(24)23-17(12-22(25)26)15-9-10-19(27-3)20(11-15)28-4/h5-11,14,17H,12-13H2,1-4H3,(H,23,24)(H,25,26)/p-1. The number of carbonyl (C=O) groups is 2. The second kappa shape index (κ2) is 10.4. The number of rotatable bonds is 10. The molecule has 2 aromatic rings. The predicted molar refractivity (Wildman–Crippen MR) is 106 cm³/mol. The van der Waals surface area contributed by atoms with Crippen LogP contribution < -0.4 is 24.6 Å². The van der Waals surface area contributed by atoms with Crippen LogP contribution in [-0.4, -0.2) is 32.7 Å². The normalized spacial score (nSPS) is 11.6. The lowest BCUT2D eigenvalue weighted by Gasteiger charge is -2.21. The molecule has 156 valence electrons. The number of hydrogen-bond acceptors (Lipinski definition) is 6. The second-order valence-corrected chi connectivity index (χ2v) is 6.79. The second-order valence-electron chi connectivity index (χ2n) is 6.79. The largest absolute Gasteiger partial charge is 0.550 e. The van der Waals surface area contributed by atoms with Gasteiger partial charge in [0.2, 0.25) is 0 Å². The Kier molecular flexibility index (Phi) is 7.88. The van der Waals surface area contributed by atoms with Crippen molar-refractivity contribution in [2.45, 2.75) is 32.2 Å². The molecule has 2 aromatic carbocycles. The summed E-state index contributed by atoms with van der Waals surface area (Å²) in [5, 5.41) is 13.9. The molecule has 0 aliphatic heterocycles. The van der Waals surface area contributed by atoms with Crippen LogP contribution in [0.2, 0.25) is 0 Å². The van der Waals surface area contributed by atoms with E-state index in [-0.39, 0.29) is 18.9 Å². The van der Waals surface area contributed by atoms with Crippen molar-refractivity contribution >= 4 is 11.9 Å². The van der Waals surface area contributed by atoms with Crippen molar-refractivity contribution in [3.8, 4) is 17.2 Å². The molecule has 1 atom stereocenters. The van der Waals surface area contributed by atoms with Crippen molar-refractivity contribution in [2.75, 3.05) is 20.8 Å². The first kappa shape index (κ1) is 22.1. The number of nitrogens with one attached hydrogen (secondary N) is 1. The zero-order chi connectivity index (χ0) is 21.4. The molecule has 0 saturated carbocycles. The van der Waals surface area contributed by atoms with Gasteiger partial charge in [-0.2, -0.15) is 0 Å². The summed E-state index contributed by atoms with van der Waals surface area (Å²) >= 11 is 0. The lowest BCUT2D eigenvalue weighted by atomic mass is 10.0. The van der Waals surface area contributed by atoms with Gasteiger partial charge in [0, 0.05) is 12.4 Å². The van der Waals surface area contributed by atoms with E-state index in [2.05, 4.69) is 5.32 Å². The first-order chi connectivity index (χ1) is 13.8. The third-order valence-corrected chi connectivity index (χ3v) is 4.42. The van der Waals surface area contributed by atoms with Gasteiger partial charge < -0.3 is 29.4 Å². The molecule has 7 heteroatoms. The van der Waals surface area contributed by atoms with E-state index in [1.54, 1.807) is 24.3 Å². The highest BCUT2D eigenvalue weighted by Gasteiger charge is 2.18. The number of benzene rings is 2. The summed E-state index contributed by atoms with van der Waals surface area (Å²) in [7, 11) is 2.98. The number of aliphatic carboxylic acids is 1. The maximum atomic E-state index is 12.4. The maximum absolute atomic E-state index is 12.4. The molecule has 0 radical (unpaired) electrons. The van der Waals surface area contributed by atoms with Crippen molar-refractivity contribution in [3.05, 3.63) is 53.6 Å². The van der Waals surface area contributed by atoms with Crippen LogP contribution in [0.25, 0.3) is 0 Å². The summed E-state index contributed by atoms with van der Waals surface area (Å²) in [5.74, 6) is 0.0842. The summed E-state index contributed by atoms with van der Waals surface area (Å²) in [4.78, 5) is 23.6. The van der Waals surface area contributed by atoms with Crippen molar-refractivity contribution in [1.29, 1.82) is 0 Å². The van der Waals surface area contributed by atoms with Crippen molar-refractivity contribution < 1.29 is 28.9 Å². The molecular formula is C22H26NO6-. The smallest absolute Gasteiger partial charge is 0.258 e. The molecule has 29 heavy (non-hydrogen) atoms. The number of hydrogen-bond donors (Lipinski definition) is 1. The van der Waals surface area contributed by atoms with Crippen LogP contribution in [0.1, 0.15) is 43.4 Å². The van der Waals surface area contributed by atoms with Crippen molar-refractivity contribution in [3.63, 3.8) is 0 Å². The molecule has 0 bridgehead atoms. The summed E-state index contributed by atoms with van der Waals surface area (Å²) in [5.41, 5.74) is 1.55. The third-order valence-electron chi connectivity index (χ3n) is 4.42. The predicted octanol–water partition coefficient (Wildman–Crippen LogP) is 2.20. The summed E-state index contributed by atoms with van der Waals surface area (Å²) in [6.07, 6.45) is -0.385. The average molecular weight is 400 g/mol. The fourth-order valence-corrected chi connectivity index (χ4v) is 2.96. The Labute approximate surface area is 170 Å². The van der Waals surface area contributed by atoms with E-state index < -0.39 is 17.9 Å². The minimum atomic E-state index is -1.28. The molecule has 0 saturated heterocycles. The number of amides is 1. The van der Waals surface area contributed by atoms with Gasteiger partial charge in [0.1, 0.15) is 5.75 Å². The van der Waals surface area contributed by atoms with Crippen LogP contribution in [-0.2, 0) is 9.59 Å². The molecule has 2 rings (SSSR count). The van der Waals surface area contributed by atoms with E-state index in [1.165, 1.54) is 14.2 Å². The highest BCUT2D eigenvalue weighted by molar-refractivity contribution is 5.79. The molecule has 0 aliphatic rings. The molecule has 1 amide bonds. The van der Waals surface area contributed by atoms with E-state index in [0.717, 1.165) is 5.56 Å². The van der Waals surface area contributed by atoms with E-state index in [0.29, 0.717) is 22.8 Å². The van der Waals surface area contributed by atoms with Gasteiger partial charge in [-0.05, 0) is 35.2 Å². The van der Waals surface area contributed by atoms with E-state index >= 15 is 0 Å². The van der Waals surface area contributed by atoms with Crippen LogP contribution >= 0.6 is 0 Å². The number of carboxylic acids is 1. The Balaban J connectivity index is 2.12. The van der Waals surface area contributed by atoms with Crippen molar-refractivity contribution in [2.24, 2.45) is 0 Å². The van der Waals surface area contributed by atoms with Gasteiger partial charge in [-0.15, -0.1) is 0 Å². The number of para-hydroxylation sites is 1. The zero-order valence-corrected chi connectivity index (χ0v) is 17.1. The Morgan fingerprint density at radius 1 is 1.00 bits per heavy atom. The Hall–Kier alpha value is -3.22. The van der Waals surface area contributed by atoms with Crippen molar-refractivity contribution in [1.82, 2.24) is 5.32 Å². The fourth-order valence-electron chi connectivity index (χ4n) is 2.96. The van der Waals surface area contributed by atoms with Gasteiger partial charge >= 0.3 is 0 Å². The minimum absolute atomic E-state index is 0.236. The van der Waals surface area contributed by atoms with E-state index in [9.17, 15) is 14.7 Å². The highest BCUT2D eigenvalue weighted by atomic mass is 16.5. The molecule has 0 spiro atoms. The first-order valence-electron chi connectivity index (χ1n) is 9.28. The van der Waals surface area contributed by atoms with Gasteiger partial charge in [0.25, 0.3) is 5.91 Å². The quantitative estimate of drug-likeness (QED) is 0.657. The van der Waals surface area contributed by atoms with Crippen LogP contribution in [0.15, 0.2) is 42.5 Å². The van der Waals surface area contributed by atoms with Gasteiger partial charge in [0.15, 0.2) is 18.1 Å². The molecule has 0 aromatic heterocycles. The summed E-state index contributed by atoms with van der Waals surface area (Å²) in [6, 6.07) is 11.6.